The quantitative estimate of drug-likeness (QED) is 0.600. The molecule has 0 aromatic heterocycles. The lowest BCUT2D eigenvalue weighted by Gasteiger charge is -2.01. The summed E-state index contributed by atoms with van der Waals surface area (Å²) in [5.74, 6) is 0. The molecule has 76 valence electrons. The first-order valence-corrected chi connectivity index (χ1v) is 4.98. The highest BCUT2D eigenvalue weighted by molar-refractivity contribution is 5.87. The topological polar surface area (TPSA) is 12.4 Å². The second kappa shape index (κ2) is 7.07. The molecule has 0 saturated heterocycles. The molecule has 0 bridgehead atoms. The van der Waals surface area contributed by atoms with Crippen LogP contribution in [0.4, 0.5) is 0 Å². The van der Waals surface area contributed by atoms with Crippen LogP contribution in [0.15, 0.2) is 53.6 Å². The fourth-order valence-corrected chi connectivity index (χ4v) is 1.17. The highest BCUT2D eigenvalue weighted by atomic mass is 14.8. The highest BCUT2D eigenvalue weighted by Gasteiger charge is 2.12. The molecule has 0 amide bonds. The van der Waals surface area contributed by atoms with Gasteiger partial charge in [0.05, 0.1) is 6.04 Å². The van der Waals surface area contributed by atoms with E-state index in [0.29, 0.717) is 0 Å². The van der Waals surface area contributed by atoms with Crippen LogP contribution < -0.4 is 0 Å². The van der Waals surface area contributed by atoms with Crippen molar-refractivity contribution in [3.63, 3.8) is 0 Å². The van der Waals surface area contributed by atoms with E-state index in [1.807, 2.05) is 38.3 Å². The highest BCUT2D eigenvalue weighted by Crippen LogP contribution is 2.19. The molecule has 0 radical (unpaired) electrons. The van der Waals surface area contributed by atoms with Crippen LogP contribution in [0.3, 0.4) is 0 Å². The van der Waals surface area contributed by atoms with Crippen LogP contribution in [-0.4, -0.2) is 12.3 Å². The van der Waals surface area contributed by atoms with Crippen molar-refractivity contribution in [2.24, 2.45) is 4.99 Å². The van der Waals surface area contributed by atoms with Crippen LogP contribution >= 0.6 is 0 Å². The molecule has 1 rings (SSSR count). The third kappa shape index (κ3) is 3.17. The lowest BCUT2D eigenvalue weighted by atomic mass is 10.1. The predicted octanol–water partition coefficient (Wildman–Crippen LogP) is 3.71. The zero-order valence-electron chi connectivity index (χ0n) is 9.33. The molecular weight excluding hydrogens is 170 g/mol. The van der Waals surface area contributed by atoms with E-state index in [4.69, 9.17) is 0 Å². The summed E-state index contributed by atoms with van der Waals surface area (Å²) in [6.45, 7) is 13.4. The molecule has 1 nitrogen and oxygen atoms in total. The minimum absolute atomic E-state index is 0.259. The Balaban J connectivity index is 0.000000791. The van der Waals surface area contributed by atoms with Gasteiger partial charge in [0, 0.05) is 6.21 Å². The van der Waals surface area contributed by atoms with Gasteiger partial charge in [-0.25, -0.2) is 0 Å². The van der Waals surface area contributed by atoms with Crippen molar-refractivity contribution in [2.45, 2.75) is 26.8 Å². The van der Waals surface area contributed by atoms with Crippen molar-refractivity contribution in [1.82, 2.24) is 0 Å². The average molecular weight is 189 g/mol. The summed E-state index contributed by atoms with van der Waals surface area (Å²) in [6.07, 6.45) is 9.40. The maximum atomic E-state index is 4.27. The van der Waals surface area contributed by atoms with Crippen molar-refractivity contribution in [2.75, 3.05) is 0 Å². The summed E-state index contributed by atoms with van der Waals surface area (Å²) in [5.41, 5.74) is 2.32. The Morgan fingerprint density at radius 1 is 1.36 bits per heavy atom. The summed E-state index contributed by atoms with van der Waals surface area (Å²) >= 11 is 0. The Labute approximate surface area is 87.3 Å². The van der Waals surface area contributed by atoms with E-state index in [-0.39, 0.29) is 6.04 Å². The van der Waals surface area contributed by atoms with Gasteiger partial charge in [0.1, 0.15) is 0 Å². The molecule has 1 aliphatic rings. The number of aliphatic imine (C=N–C) groups is 1. The van der Waals surface area contributed by atoms with Gasteiger partial charge in [-0.2, -0.15) is 0 Å². The van der Waals surface area contributed by atoms with E-state index in [1.165, 1.54) is 5.57 Å². The first kappa shape index (κ1) is 12.6. The van der Waals surface area contributed by atoms with Crippen molar-refractivity contribution in [1.29, 1.82) is 0 Å². The predicted molar refractivity (Wildman–Crippen MR) is 65.9 cm³/mol. The number of rotatable bonds is 3. The minimum Gasteiger partial charge on any atom is -0.285 e. The standard InChI is InChI=1S/C11H13N.C2H6/c1-4-6-7-11-9(3)12-8-10(11)5-2;1-2/h4-9H,1-2H2,3H3;1-2H3/b7-6-;. The second-order valence-corrected chi connectivity index (χ2v) is 2.66. The van der Waals surface area contributed by atoms with Crippen LogP contribution in [0.1, 0.15) is 20.8 Å². The minimum atomic E-state index is 0.259. The Bertz CT molecular complexity index is 280. The van der Waals surface area contributed by atoms with Gasteiger partial charge in [0.2, 0.25) is 0 Å². The van der Waals surface area contributed by atoms with Crippen LogP contribution in [-0.2, 0) is 0 Å². The Morgan fingerprint density at radius 3 is 2.50 bits per heavy atom. The molecular formula is C13H19N. The maximum Gasteiger partial charge on any atom is 0.0727 e. The van der Waals surface area contributed by atoms with Gasteiger partial charge in [-0.1, -0.05) is 51.3 Å². The summed E-state index contributed by atoms with van der Waals surface area (Å²) in [5, 5.41) is 0. The normalized spacial score (nSPS) is 19.5. The van der Waals surface area contributed by atoms with Crippen molar-refractivity contribution < 1.29 is 0 Å². The summed E-state index contributed by atoms with van der Waals surface area (Å²) < 4.78 is 0. The van der Waals surface area contributed by atoms with Gasteiger partial charge in [0.15, 0.2) is 0 Å². The van der Waals surface area contributed by atoms with E-state index in [0.717, 1.165) is 5.57 Å². The molecule has 0 N–H and O–H groups in total. The van der Waals surface area contributed by atoms with Gasteiger partial charge in [-0.15, -0.1) is 0 Å². The van der Waals surface area contributed by atoms with Crippen molar-refractivity contribution >= 4 is 6.21 Å². The van der Waals surface area contributed by atoms with E-state index in [9.17, 15) is 0 Å². The van der Waals surface area contributed by atoms with Crippen molar-refractivity contribution in [3.05, 3.63) is 48.6 Å². The Morgan fingerprint density at radius 2 is 2.00 bits per heavy atom. The van der Waals surface area contributed by atoms with E-state index in [2.05, 4.69) is 25.1 Å². The maximum absolute atomic E-state index is 4.27. The summed E-state index contributed by atoms with van der Waals surface area (Å²) in [6, 6.07) is 0.259. The van der Waals surface area contributed by atoms with E-state index in [1.54, 1.807) is 6.08 Å². The second-order valence-electron chi connectivity index (χ2n) is 2.66. The molecule has 1 unspecified atom stereocenters. The van der Waals surface area contributed by atoms with Gasteiger partial charge in [-0.3, -0.25) is 4.99 Å². The molecule has 1 heteroatoms. The number of allylic oxidation sites excluding steroid dienone is 4. The number of nitrogens with zero attached hydrogens (tertiary/aromatic N) is 1. The summed E-state index contributed by atoms with van der Waals surface area (Å²) in [7, 11) is 0. The molecule has 1 heterocycles. The SMILES string of the molecule is C=C/C=C\C1=C(C=C)C=NC1C.CC. The Hall–Kier alpha value is -1.37. The monoisotopic (exact) mass is 189 g/mol. The van der Waals surface area contributed by atoms with Crippen LogP contribution in [0.5, 0.6) is 0 Å². The van der Waals surface area contributed by atoms with Crippen LogP contribution in [0.2, 0.25) is 0 Å². The lowest BCUT2D eigenvalue weighted by Crippen LogP contribution is -1.96. The van der Waals surface area contributed by atoms with Crippen LogP contribution in [0.25, 0.3) is 0 Å². The number of hydrogen-bond donors (Lipinski definition) is 0. The van der Waals surface area contributed by atoms with Crippen LogP contribution in [0, 0.1) is 0 Å². The third-order valence-electron chi connectivity index (χ3n) is 1.85. The molecule has 0 spiro atoms. The largest absolute Gasteiger partial charge is 0.285 e. The zero-order valence-corrected chi connectivity index (χ0v) is 9.33. The molecule has 1 aliphatic heterocycles. The molecule has 0 saturated carbocycles. The molecule has 1 atom stereocenters. The van der Waals surface area contributed by atoms with E-state index < -0.39 is 0 Å². The molecule has 0 aromatic carbocycles. The Kier molecular flexibility index (Phi) is 6.38. The summed E-state index contributed by atoms with van der Waals surface area (Å²) in [4.78, 5) is 4.27. The van der Waals surface area contributed by atoms with Gasteiger partial charge in [0.25, 0.3) is 0 Å². The smallest absolute Gasteiger partial charge is 0.0727 e. The van der Waals surface area contributed by atoms with Gasteiger partial charge < -0.3 is 0 Å². The zero-order chi connectivity index (χ0) is 11.0. The van der Waals surface area contributed by atoms with Crippen molar-refractivity contribution in [3.8, 4) is 0 Å². The molecule has 0 fully saturated rings. The lowest BCUT2D eigenvalue weighted by molar-refractivity contribution is 0.909. The van der Waals surface area contributed by atoms with Gasteiger partial charge in [-0.05, 0) is 18.1 Å². The first-order chi connectivity index (χ1) is 6.79. The first-order valence-electron chi connectivity index (χ1n) is 4.98. The fraction of sp³-hybridized carbons (Fsp3) is 0.308. The molecule has 0 aliphatic carbocycles. The fourth-order valence-electron chi connectivity index (χ4n) is 1.17. The van der Waals surface area contributed by atoms with Gasteiger partial charge >= 0.3 is 0 Å². The average Bonchev–Trinajstić information content (AvgIpc) is 2.59. The molecule has 14 heavy (non-hydrogen) atoms. The van der Waals surface area contributed by atoms with E-state index >= 15 is 0 Å². The third-order valence-corrected chi connectivity index (χ3v) is 1.85. The number of hydrogen-bond acceptors (Lipinski definition) is 1. The molecule has 0 aromatic rings.